The van der Waals surface area contributed by atoms with E-state index in [0.717, 1.165) is 30.0 Å². The number of benzene rings is 1. The van der Waals surface area contributed by atoms with Gasteiger partial charge >= 0.3 is 0 Å². The minimum atomic E-state index is 0.000620. The van der Waals surface area contributed by atoms with Gasteiger partial charge in [-0.05, 0) is 36.8 Å². The summed E-state index contributed by atoms with van der Waals surface area (Å²) in [4.78, 5) is 11.6. The Labute approximate surface area is 112 Å². The second-order valence-corrected chi connectivity index (χ2v) is 5.12. The van der Waals surface area contributed by atoms with Crippen LogP contribution in [-0.4, -0.2) is 31.1 Å². The van der Waals surface area contributed by atoms with Crippen molar-refractivity contribution < 1.29 is 9.53 Å². The quantitative estimate of drug-likeness (QED) is 0.588. The number of carbonyl (C=O) groups excluding carboxylic acids is 1. The van der Waals surface area contributed by atoms with Crippen LogP contribution in [0.15, 0.2) is 18.2 Å². The third kappa shape index (κ3) is 5.42. The van der Waals surface area contributed by atoms with Crippen LogP contribution in [0.5, 0.6) is 0 Å². The number of carbonyl (C=O) groups is 1. The van der Waals surface area contributed by atoms with Crippen molar-refractivity contribution in [3.8, 4) is 0 Å². The van der Waals surface area contributed by atoms with Crippen LogP contribution in [0, 0.1) is 6.92 Å². The number of nitrogen functional groups attached to an aromatic ring is 1. The molecule has 1 rings (SSSR count). The monoisotopic (exact) mass is 268 g/mol. The predicted octanol–water partition coefficient (Wildman–Crippen LogP) is 2.29. The highest BCUT2D eigenvalue weighted by molar-refractivity contribution is 7.99. The van der Waals surface area contributed by atoms with Gasteiger partial charge in [0.05, 0.1) is 5.75 Å². The van der Waals surface area contributed by atoms with Gasteiger partial charge in [0.2, 0.25) is 5.91 Å². The van der Waals surface area contributed by atoms with Crippen LogP contribution in [-0.2, 0) is 9.53 Å². The summed E-state index contributed by atoms with van der Waals surface area (Å²) in [5, 5.41) is 2.83. The largest absolute Gasteiger partial charge is 0.398 e. The zero-order valence-electron chi connectivity index (χ0n) is 10.9. The minimum absolute atomic E-state index is 0.000620. The Morgan fingerprint density at radius 2 is 2.28 bits per heavy atom. The molecule has 1 aromatic carbocycles. The van der Waals surface area contributed by atoms with E-state index in [1.165, 1.54) is 0 Å². The highest BCUT2D eigenvalue weighted by atomic mass is 32.2. The van der Waals surface area contributed by atoms with E-state index in [1.807, 2.05) is 19.1 Å². The summed E-state index contributed by atoms with van der Waals surface area (Å²) < 4.78 is 4.94. The van der Waals surface area contributed by atoms with E-state index in [0.29, 0.717) is 11.4 Å². The van der Waals surface area contributed by atoms with Gasteiger partial charge in [-0.1, -0.05) is 6.07 Å². The Hall–Kier alpha value is -1.20. The summed E-state index contributed by atoms with van der Waals surface area (Å²) in [5.41, 5.74) is 8.24. The Morgan fingerprint density at radius 3 is 2.94 bits per heavy atom. The number of hydrogen-bond donors (Lipinski definition) is 2. The van der Waals surface area contributed by atoms with Gasteiger partial charge in [-0.25, -0.2) is 0 Å². The summed E-state index contributed by atoms with van der Waals surface area (Å²) in [5.74, 6) is 1.38. The van der Waals surface area contributed by atoms with Gasteiger partial charge in [0, 0.05) is 25.1 Å². The van der Waals surface area contributed by atoms with Crippen LogP contribution in [0.1, 0.15) is 12.0 Å². The molecular formula is C13H20N2O2S. The molecule has 3 N–H and O–H groups in total. The van der Waals surface area contributed by atoms with E-state index < -0.39 is 0 Å². The molecule has 100 valence electrons. The van der Waals surface area contributed by atoms with E-state index in [9.17, 15) is 4.79 Å². The molecule has 0 heterocycles. The smallest absolute Gasteiger partial charge is 0.234 e. The van der Waals surface area contributed by atoms with Crippen LogP contribution in [0.2, 0.25) is 0 Å². The van der Waals surface area contributed by atoms with Gasteiger partial charge < -0.3 is 15.8 Å². The molecule has 0 bridgehead atoms. The molecule has 0 spiro atoms. The van der Waals surface area contributed by atoms with Crippen LogP contribution in [0.4, 0.5) is 11.4 Å². The first kappa shape index (κ1) is 14.9. The van der Waals surface area contributed by atoms with Crippen molar-refractivity contribution in [2.45, 2.75) is 13.3 Å². The van der Waals surface area contributed by atoms with Gasteiger partial charge in [-0.2, -0.15) is 11.8 Å². The second-order valence-electron chi connectivity index (χ2n) is 4.02. The first-order valence-corrected chi connectivity index (χ1v) is 7.01. The molecule has 0 aromatic heterocycles. The van der Waals surface area contributed by atoms with Gasteiger partial charge in [-0.15, -0.1) is 0 Å². The highest BCUT2D eigenvalue weighted by Gasteiger charge is 2.03. The van der Waals surface area contributed by atoms with Crippen molar-refractivity contribution in [1.82, 2.24) is 0 Å². The van der Waals surface area contributed by atoms with Gasteiger partial charge in [0.1, 0.15) is 0 Å². The maximum Gasteiger partial charge on any atom is 0.234 e. The summed E-state index contributed by atoms with van der Waals surface area (Å²) >= 11 is 1.60. The number of anilines is 2. The average Bonchev–Trinajstić information content (AvgIpc) is 2.34. The van der Waals surface area contributed by atoms with Crippen LogP contribution >= 0.6 is 11.8 Å². The molecule has 0 saturated carbocycles. The number of hydrogen-bond acceptors (Lipinski definition) is 4. The van der Waals surface area contributed by atoms with Gasteiger partial charge in [0.25, 0.3) is 0 Å². The normalized spacial score (nSPS) is 10.3. The van der Waals surface area contributed by atoms with E-state index in [1.54, 1.807) is 24.9 Å². The third-order valence-electron chi connectivity index (χ3n) is 2.43. The van der Waals surface area contributed by atoms with Crippen molar-refractivity contribution in [2.24, 2.45) is 0 Å². The molecule has 0 atom stereocenters. The lowest BCUT2D eigenvalue weighted by Gasteiger charge is -2.07. The van der Waals surface area contributed by atoms with Crippen molar-refractivity contribution in [3.05, 3.63) is 23.8 Å². The zero-order valence-corrected chi connectivity index (χ0v) is 11.7. The fourth-order valence-electron chi connectivity index (χ4n) is 1.39. The summed E-state index contributed by atoms with van der Waals surface area (Å²) in [6.07, 6.45) is 0.964. The maximum atomic E-state index is 11.6. The SMILES string of the molecule is COCCCSCC(=O)Nc1ccc(C)c(N)c1. The Balaban J connectivity index is 2.29. The molecule has 0 unspecified atom stereocenters. The molecule has 0 radical (unpaired) electrons. The number of aryl methyl sites for hydroxylation is 1. The molecule has 0 aliphatic heterocycles. The summed E-state index contributed by atoms with van der Waals surface area (Å²) in [6.45, 7) is 2.68. The van der Waals surface area contributed by atoms with E-state index in [2.05, 4.69) is 5.32 Å². The zero-order chi connectivity index (χ0) is 13.4. The number of nitrogens with two attached hydrogens (primary N) is 1. The maximum absolute atomic E-state index is 11.6. The highest BCUT2D eigenvalue weighted by Crippen LogP contribution is 2.17. The van der Waals surface area contributed by atoms with Crippen molar-refractivity contribution in [2.75, 3.05) is 36.3 Å². The standard InChI is InChI=1S/C13H20N2O2S/c1-10-4-5-11(8-12(10)14)15-13(16)9-18-7-3-6-17-2/h4-5,8H,3,6-7,9,14H2,1-2H3,(H,15,16). The van der Waals surface area contributed by atoms with Crippen molar-refractivity contribution in [3.63, 3.8) is 0 Å². The topological polar surface area (TPSA) is 64.3 Å². The molecule has 4 nitrogen and oxygen atoms in total. The number of rotatable bonds is 7. The van der Waals surface area contributed by atoms with E-state index in [4.69, 9.17) is 10.5 Å². The lowest BCUT2D eigenvalue weighted by Crippen LogP contribution is -2.14. The lowest BCUT2D eigenvalue weighted by molar-refractivity contribution is -0.113. The fourth-order valence-corrected chi connectivity index (χ4v) is 2.11. The van der Waals surface area contributed by atoms with Crippen LogP contribution in [0.3, 0.4) is 0 Å². The number of thioether (sulfide) groups is 1. The Morgan fingerprint density at radius 1 is 1.50 bits per heavy atom. The number of amides is 1. The molecule has 0 aliphatic carbocycles. The van der Waals surface area contributed by atoms with Gasteiger partial charge in [-0.3, -0.25) is 4.79 Å². The first-order valence-electron chi connectivity index (χ1n) is 5.86. The first-order chi connectivity index (χ1) is 8.63. The van der Waals surface area contributed by atoms with Gasteiger partial charge in [0.15, 0.2) is 0 Å². The van der Waals surface area contributed by atoms with E-state index >= 15 is 0 Å². The molecule has 1 aromatic rings. The summed E-state index contributed by atoms with van der Waals surface area (Å²) in [7, 11) is 1.68. The van der Waals surface area contributed by atoms with Crippen molar-refractivity contribution >= 4 is 29.0 Å². The molecule has 18 heavy (non-hydrogen) atoms. The van der Waals surface area contributed by atoms with Crippen LogP contribution < -0.4 is 11.1 Å². The summed E-state index contributed by atoms with van der Waals surface area (Å²) in [6, 6.07) is 5.54. The molecule has 1 amide bonds. The lowest BCUT2D eigenvalue weighted by atomic mass is 10.2. The van der Waals surface area contributed by atoms with Crippen molar-refractivity contribution in [1.29, 1.82) is 0 Å². The Kier molecular flexibility index (Phi) is 6.60. The molecule has 5 heteroatoms. The predicted molar refractivity (Wildman–Crippen MR) is 78.0 cm³/mol. The molecular weight excluding hydrogens is 248 g/mol. The fraction of sp³-hybridized carbons (Fsp3) is 0.462. The molecule has 0 saturated heterocycles. The molecule has 0 aliphatic rings. The third-order valence-corrected chi connectivity index (χ3v) is 3.48. The number of ether oxygens (including phenoxy) is 1. The number of nitrogens with one attached hydrogen (secondary N) is 1. The average molecular weight is 268 g/mol. The van der Waals surface area contributed by atoms with Crippen LogP contribution in [0.25, 0.3) is 0 Å². The minimum Gasteiger partial charge on any atom is -0.398 e. The Bertz CT molecular complexity index is 397. The second kappa shape index (κ2) is 8.00. The van der Waals surface area contributed by atoms with E-state index in [-0.39, 0.29) is 5.91 Å². The molecule has 0 fully saturated rings. The number of methoxy groups -OCH3 is 1.